The molecule has 0 unspecified atom stereocenters. The zero-order chi connectivity index (χ0) is 18.4. The first kappa shape index (κ1) is 18.0. The van der Waals surface area contributed by atoms with Gasteiger partial charge in [-0.15, -0.1) is 0 Å². The highest BCUT2D eigenvalue weighted by Gasteiger charge is 2.14. The highest BCUT2D eigenvalue weighted by Crippen LogP contribution is 2.20. The van der Waals surface area contributed by atoms with Crippen molar-refractivity contribution in [2.24, 2.45) is 0 Å². The summed E-state index contributed by atoms with van der Waals surface area (Å²) in [6.45, 7) is 1.98. The number of rotatable bonds is 6. The van der Waals surface area contributed by atoms with Crippen molar-refractivity contribution in [2.45, 2.75) is 26.3 Å². The Kier molecular flexibility index (Phi) is 5.71. The summed E-state index contributed by atoms with van der Waals surface area (Å²) >= 11 is 0. The van der Waals surface area contributed by atoms with Crippen molar-refractivity contribution in [1.29, 1.82) is 0 Å². The Morgan fingerprint density at radius 3 is 2.80 bits per heavy atom. The fourth-order valence-corrected chi connectivity index (χ4v) is 2.13. The van der Waals surface area contributed by atoms with Gasteiger partial charge >= 0.3 is 11.8 Å². The molecule has 0 spiro atoms. The Labute approximate surface area is 140 Å². The molecule has 25 heavy (non-hydrogen) atoms. The van der Waals surface area contributed by atoms with E-state index in [9.17, 15) is 24.5 Å². The van der Waals surface area contributed by atoms with Gasteiger partial charge in [-0.25, -0.2) is 15.0 Å². The first-order valence-electron chi connectivity index (χ1n) is 7.41. The number of aryl methyl sites for hydroxylation is 1. The van der Waals surface area contributed by atoms with Crippen LogP contribution < -0.4 is 16.6 Å². The maximum atomic E-state index is 11.8. The number of hydrogen-bond acceptors (Lipinski definition) is 7. The molecule has 0 aliphatic heterocycles. The van der Waals surface area contributed by atoms with Gasteiger partial charge in [0.15, 0.2) is 5.58 Å². The number of fused-ring (bicyclic) bond motifs is 1. The van der Waals surface area contributed by atoms with E-state index in [2.05, 4.69) is 15.6 Å². The SMILES string of the molecule is CCOC(=O)NNC(=O)CCCn1c(=O)oc2cc([N+](=O)[O-])ccc21. The normalized spacial score (nSPS) is 10.4. The Balaban J connectivity index is 1.94. The third-order valence-electron chi connectivity index (χ3n) is 3.23. The number of ether oxygens (including phenoxy) is 1. The zero-order valence-electron chi connectivity index (χ0n) is 13.3. The van der Waals surface area contributed by atoms with Gasteiger partial charge in [0.05, 0.1) is 23.1 Å². The molecule has 0 fully saturated rings. The summed E-state index contributed by atoms with van der Waals surface area (Å²) in [5.74, 6) is -1.12. The summed E-state index contributed by atoms with van der Waals surface area (Å²) in [4.78, 5) is 44.6. The van der Waals surface area contributed by atoms with Crippen LogP contribution in [0.2, 0.25) is 0 Å². The van der Waals surface area contributed by atoms with Gasteiger partial charge in [0.2, 0.25) is 5.91 Å². The molecule has 1 aromatic carbocycles. The number of hydrogen-bond donors (Lipinski definition) is 2. The van der Waals surface area contributed by atoms with Crippen molar-refractivity contribution < 1.29 is 23.7 Å². The molecule has 0 bridgehead atoms. The van der Waals surface area contributed by atoms with E-state index in [1.54, 1.807) is 6.92 Å². The lowest BCUT2D eigenvalue weighted by atomic mass is 10.2. The number of amides is 2. The monoisotopic (exact) mass is 352 g/mol. The highest BCUT2D eigenvalue weighted by atomic mass is 16.6. The smallest absolute Gasteiger partial charge is 0.426 e. The standard InChI is InChI=1S/C14H16N4O7/c1-2-24-13(20)16-15-12(19)4-3-7-17-10-6-5-9(18(22)23)8-11(10)25-14(17)21/h5-6,8H,2-4,7H2,1H3,(H,15,19)(H,16,20). The van der Waals surface area contributed by atoms with Gasteiger partial charge in [0.25, 0.3) is 5.69 Å². The lowest BCUT2D eigenvalue weighted by molar-refractivity contribution is -0.384. The molecule has 0 aliphatic rings. The van der Waals surface area contributed by atoms with E-state index in [1.165, 1.54) is 22.8 Å². The number of carbonyl (C=O) groups is 2. The topological polar surface area (TPSA) is 146 Å². The maximum Gasteiger partial charge on any atom is 0.426 e. The molecule has 134 valence electrons. The van der Waals surface area contributed by atoms with Crippen molar-refractivity contribution >= 4 is 28.8 Å². The van der Waals surface area contributed by atoms with E-state index in [0.717, 1.165) is 0 Å². The fourth-order valence-electron chi connectivity index (χ4n) is 2.13. The average molecular weight is 352 g/mol. The summed E-state index contributed by atoms with van der Waals surface area (Å²) in [7, 11) is 0. The second-order valence-corrected chi connectivity index (χ2v) is 4.93. The number of nitrogens with zero attached hydrogens (tertiary/aromatic N) is 2. The van der Waals surface area contributed by atoms with E-state index in [4.69, 9.17) is 4.42 Å². The Morgan fingerprint density at radius 1 is 1.36 bits per heavy atom. The minimum Gasteiger partial charge on any atom is -0.449 e. The number of nitrogens with one attached hydrogen (secondary N) is 2. The van der Waals surface area contributed by atoms with E-state index < -0.39 is 22.7 Å². The molecule has 11 nitrogen and oxygen atoms in total. The van der Waals surface area contributed by atoms with Crippen LogP contribution in [0.5, 0.6) is 0 Å². The van der Waals surface area contributed by atoms with Crippen LogP contribution in [0.3, 0.4) is 0 Å². The number of non-ortho nitro benzene ring substituents is 1. The Morgan fingerprint density at radius 2 is 2.12 bits per heavy atom. The summed E-state index contributed by atoms with van der Waals surface area (Å²) < 4.78 is 10.8. The van der Waals surface area contributed by atoms with Gasteiger partial charge in [-0.2, -0.15) is 0 Å². The molecule has 11 heteroatoms. The molecule has 0 radical (unpaired) electrons. The Hall–Kier alpha value is -3.37. The molecule has 2 rings (SSSR count). The number of nitro groups is 1. The van der Waals surface area contributed by atoms with Gasteiger partial charge in [0, 0.05) is 19.0 Å². The lowest BCUT2D eigenvalue weighted by Crippen LogP contribution is -2.41. The van der Waals surface area contributed by atoms with Crippen LogP contribution in [0, 0.1) is 10.1 Å². The minimum absolute atomic E-state index is 0.0402. The van der Waals surface area contributed by atoms with E-state index in [-0.39, 0.29) is 30.8 Å². The van der Waals surface area contributed by atoms with Crippen LogP contribution in [0.4, 0.5) is 10.5 Å². The number of carbonyl (C=O) groups excluding carboxylic acids is 2. The van der Waals surface area contributed by atoms with Gasteiger partial charge in [-0.1, -0.05) is 0 Å². The van der Waals surface area contributed by atoms with Gasteiger partial charge in [-0.3, -0.25) is 24.9 Å². The molecule has 2 N–H and O–H groups in total. The third-order valence-corrected chi connectivity index (χ3v) is 3.23. The summed E-state index contributed by atoms with van der Waals surface area (Å²) in [5.41, 5.74) is 4.57. The molecule has 0 saturated heterocycles. The van der Waals surface area contributed by atoms with Crippen molar-refractivity contribution in [1.82, 2.24) is 15.4 Å². The van der Waals surface area contributed by atoms with Gasteiger partial charge < -0.3 is 9.15 Å². The number of oxazole rings is 1. The van der Waals surface area contributed by atoms with Crippen LogP contribution in [-0.2, 0) is 16.1 Å². The zero-order valence-corrected chi connectivity index (χ0v) is 13.3. The van der Waals surface area contributed by atoms with Crippen LogP contribution in [0.15, 0.2) is 27.4 Å². The van der Waals surface area contributed by atoms with E-state index in [0.29, 0.717) is 11.9 Å². The molecule has 0 atom stereocenters. The second kappa shape index (κ2) is 7.95. The summed E-state index contributed by atoms with van der Waals surface area (Å²) in [6.07, 6.45) is -0.435. The van der Waals surface area contributed by atoms with Gasteiger partial charge in [-0.05, 0) is 19.4 Å². The lowest BCUT2D eigenvalue weighted by Gasteiger charge is -2.07. The summed E-state index contributed by atoms with van der Waals surface area (Å²) in [5, 5.41) is 10.7. The highest BCUT2D eigenvalue weighted by molar-refractivity contribution is 5.79. The van der Waals surface area contributed by atoms with E-state index in [1.807, 2.05) is 0 Å². The molecule has 1 heterocycles. The first-order valence-corrected chi connectivity index (χ1v) is 7.41. The third kappa shape index (κ3) is 4.56. The second-order valence-electron chi connectivity index (χ2n) is 4.93. The van der Waals surface area contributed by atoms with Crippen LogP contribution >= 0.6 is 0 Å². The van der Waals surface area contributed by atoms with Crippen molar-refractivity contribution in [2.75, 3.05) is 6.61 Å². The number of nitro benzene ring substituents is 1. The molecule has 2 aromatic rings. The van der Waals surface area contributed by atoms with Crippen LogP contribution in [0.25, 0.3) is 11.1 Å². The summed E-state index contributed by atoms with van der Waals surface area (Å²) in [6, 6.07) is 3.85. The molecular formula is C14H16N4O7. The molecule has 0 saturated carbocycles. The number of benzene rings is 1. The van der Waals surface area contributed by atoms with E-state index >= 15 is 0 Å². The quantitative estimate of drug-likeness (QED) is 0.584. The van der Waals surface area contributed by atoms with Crippen molar-refractivity contribution in [3.8, 4) is 0 Å². The molecular weight excluding hydrogens is 336 g/mol. The van der Waals surface area contributed by atoms with Crippen molar-refractivity contribution in [3.05, 3.63) is 38.9 Å². The van der Waals surface area contributed by atoms with Crippen molar-refractivity contribution in [3.63, 3.8) is 0 Å². The fraction of sp³-hybridized carbons (Fsp3) is 0.357. The number of aromatic nitrogens is 1. The van der Waals surface area contributed by atoms with Crippen LogP contribution in [0.1, 0.15) is 19.8 Å². The predicted octanol–water partition coefficient (Wildman–Crippen LogP) is 1.06. The van der Waals surface area contributed by atoms with Crippen LogP contribution in [-0.4, -0.2) is 28.1 Å². The average Bonchev–Trinajstić information content (AvgIpc) is 2.88. The minimum atomic E-state index is -0.769. The molecule has 1 aromatic heterocycles. The molecule has 2 amide bonds. The van der Waals surface area contributed by atoms with Gasteiger partial charge in [0.1, 0.15) is 0 Å². The number of hydrazine groups is 1. The molecule has 0 aliphatic carbocycles. The Bertz CT molecular complexity index is 854. The first-order chi connectivity index (χ1) is 11.9. The largest absolute Gasteiger partial charge is 0.449 e. The maximum absolute atomic E-state index is 11.8. The predicted molar refractivity (Wildman–Crippen MR) is 84.7 cm³/mol.